The molecule has 1 saturated heterocycles. The molecule has 1 unspecified atom stereocenters. The Morgan fingerprint density at radius 1 is 1.32 bits per heavy atom. The Bertz CT molecular complexity index is 548. The average molecular weight is 349 g/mol. The van der Waals surface area contributed by atoms with E-state index in [1.54, 1.807) is 23.5 Å². The number of sulfonamides is 1. The molecule has 1 aliphatic rings. The smallest absolute Gasteiger partial charge is 0.243 e. The molecule has 22 heavy (non-hydrogen) atoms. The van der Waals surface area contributed by atoms with Crippen molar-refractivity contribution in [2.45, 2.75) is 30.2 Å². The third-order valence-electron chi connectivity index (χ3n) is 3.95. The van der Waals surface area contributed by atoms with Crippen LogP contribution in [0.25, 0.3) is 0 Å². The van der Waals surface area contributed by atoms with E-state index >= 15 is 0 Å². The van der Waals surface area contributed by atoms with Crippen molar-refractivity contribution in [2.24, 2.45) is 0 Å². The fourth-order valence-corrected chi connectivity index (χ4v) is 4.12. The number of nitrogens with one attached hydrogen (secondary N) is 1. The van der Waals surface area contributed by atoms with Crippen molar-refractivity contribution < 1.29 is 13.2 Å². The maximum Gasteiger partial charge on any atom is 0.243 e. The minimum absolute atomic E-state index is 0. The largest absolute Gasteiger partial charge is 0.384 e. The van der Waals surface area contributed by atoms with Gasteiger partial charge in [-0.05, 0) is 44.0 Å². The molecule has 0 aromatic heterocycles. The zero-order chi connectivity index (χ0) is 15.3. The minimum atomic E-state index is -3.38. The second-order valence-electron chi connectivity index (χ2n) is 5.38. The number of likely N-dealkylation sites (N-methyl/N-ethyl adjacent to an activating group) is 1. The first-order chi connectivity index (χ1) is 10.1. The lowest BCUT2D eigenvalue weighted by Crippen LogP contribution is -2.46. The lowest BCUT2D eigenvalue weighted by molar-refractivity contribution is 0.202. The van der Waals surface area contributed by atoms with Gasteiger partial charge in [-0.1, -0.05) is 12.1 Å². The third kappa shape index (κ3) is 4.67. The Morgan fingerprint density at radius 3 is 2.59 bits per heavy atom. The number of nitrogens with zero attached hydrogens (tertiary/aromatic N) is 1. The van der Waals surface area contributed by atoms with Gasteiger partial charge in [0.05, 0.1) is 11.5 Å². The van der Waals surface area contributed by atoms with Crippen molar-refractivity contribution >= 4 is 22.4 Å². The second kappa shape index (κ2) is 8.84. The van der Waals surface area contributed by atoms with Gasteiger partial charge in [-0.25, -0.2) is 8.42 Å². The van der Waals surface area contributed by atoms with E-state index in [0.717, 1.165) is 24.8 Å². The Labute approximate surface area is 139 Å². The van der Waals surface area contributed by atoms with Gasteiger partial charge < -0.3 is 10.1 Å². The van der Waals surface area contributed by atoms with E-state index in [4.69, 9.17) is 4.74 Å². The first-order valence-electron chi connectivity index (χ1n) is 7.33. The van der Waals surface area contributed by atoms with E-state index in [1.807, 2.05) is 19.2 Å². The summed E-state index contributed by atoms with van der Waals surface area (Å²) >= 11 is 0. The molecule has 0 spiro atoms. The number of methoxy groups -OCH3 is 1. The van der Waals surface area contributed by atoms with Crippen molar-refractivity contribution in [1.29, 1.82) is 0 Å². The molecule has 126 valence electrons. The topological polar surface area (TPSA) is 58.6 Å². The third-order valence-corrected chi connectivity index (χ3v) is 5.83. The highest BCUT2D eigenvalue weighted by molar-refractivity contribution is 7.89. The summed E-state index contributed by atoms with van der Waals surface area (Å²) in [6.07, 6.45) is 2.72. The predicted octanol–water partition coefficient (Wildman–Crippen LogP) is 1.67. The van der Waals surface area contributed by atoms with Crippen molar-refractivity contribution in [3.05, 3.63) is 29.8 Å². The molecule has 1 fully saturated rings. The van der Waals surface area contributed by atoms with Gasteiger partial charge in [0.25, 0.3) is 0 Å². The number of halogens is 1. The zero-order valence-corrected chi connectivity index (χ0v) is 14.8. The van der Waals surface area contributed by atoms with Crippen LogP contribution in [0.4, 0.5) is 0 Å². The maximum absolute atomic E-state index is 12.6. The van der Waals surface area contributed by atoms with Crippen LogP contribution in [0.15, 0.2) is 29.2 Å². The van der Waals surface area contributed by atoms with Crippen LogP contribution in [0.1, 0.15) is 18.4 Å². The number of hydrogen-bond acceptors (Lipinski definition) is 4. The first kappa shape index (κ1) is 19.4. The summed E-state index contributed by atoms with van der Waals surface area (Å²) < 4.78 is 31.9. The molecule has 1 aliphatic heterocycles. The van der Waals surface area contributed by atoms with E-state index < -0.39 is 10.0 Å². The molecule has 7 heteroatoms. The molecular weight excluding hydrogens is 324 g/mol. The highest BCUT2D eigenvalue weighted by Gasteiger charge is 2.29. The Balaban J connectivity index is 0.00000242. The van der Waals surface area contributed by atoms with Gasteiger partial charge in [-0.3, -0.25) is 0 Å². The molecule has 1 N–H and O–H groups in total. The van der Waals surface area contributed by atoms with Crippen LogP contribution in [-0.4, -0.2) is 52.6 Å². The maximum atomic E-state index is 12.6. The van der Waals surface area contributed by atoms with Crippen molar-refractivity contribution in [1.82, 2.24) is 9.62 Å². The number of benzene rings is 1. The van der Waals surface area contributed by atoms with Crippen LogP contribution in [0, 0.1) is 0 Å². The molecule has 5 nitrogen and oxygen atoms in total. The number of hydrogen-bond donors (Lipinski definition) is 1. The van der Waals surface area contributed by atoms with Crippen LogP contribution in [-0.2, 0) is 21.2 Å². The van der Waals surface area contributed by atoms with Crippen LogP contribution >= 0.6 is 12.4 Å². The van der Waals surface area contributed by atoms with Gasteiger partial charge in [-0.2, -0.15) is 4.31 Å². The van der Waals surface area contributed by atoms with Gasteiger partial charge >= 0.3 is 0 Å². The molecule has 1 heterocycles. The summed E-state index contributed by atoms with van der Waals surface area (Å²) in [7, 11) is 0.160. The van der Waals surface area contributed by atoms with Crippen molar-refractivity contribution in [3.8, 4) is 0 Å². The molecule has 0 amide bonds. The van der Waals surface area contributed by atoms with Gasteiger partial charge in [0.15, 0.2) is 0 Å². The van der Waals surface area contributed by atoms with E-state index in [0.29, 0.717) is 24.6 Å². The van der Waals surface area contributed by atoms with E-state index in [9.17, 15) is 8.42 Å². The van der Waals surface area contributed by atoms with Crippen molar-refractivity contribution in [2.75, 3.05) is 33.9 Å². The highest BCUT2D eigenvalue weighted by Crippen LogP contribution is 2.21. The molecule has 1 aromatic rings. The van der Waals surface area contributed by atoms with Crippen LogP contribution in [0.5, 0.6) is 0 Å². The summed E-state index contributed by atoms with van der Waals surface area (Å²) in [4.78, 5) is 0.375. The Kier molecular flexibility index (Phi) is 7.79. The lowest BCUT2D eigenvalue weighted by Gasteiger charge is -2.31. The van der Waals surface area contributed by atoms with E-state index in [1.165, 1.54) is 0 Å². The Hall–Kier alpha value is -0.660. The summed E-state index contributed by atoms with van der Waals surface area (Å²) in [5, 5.41) is 3.17. The minimum Gasteiger partial charge on any atom is -0.384 e. The standard InChI is InChI=1S/C15H24N2O3S.ClH/c1-16-14-4-3-10-17(12-14)21(18,19)15-7-5-13(6-8-15)9-11-20-2;/h5-8,14,16H,3-4,9-12H2,1-2H3;1H. The van der Waals surface area contributed by atoms with Crippen molar-refractivity contribution in [3.63, 3.8) is 0 Å². The molecule has 0 aliphatic carbocycles. The summed E-state index contributed by atoms with van der Waals surface area (Å²) in [6, 6.07) is 7.37. The molecule has 0 bridgehead atoms. The van der Waals surface area contributed by atoms with Crippen LogP contribution < -0.4 is 5.32 Å². The summed E-state index contributed by atoms with van der Waals surface area (Å²) in [6.45, 7) is 1.79. The molecular formula is C15H25ClN2O3S. The normalized spacial score (nSPS) is 19.6. The van der Waals surface area contributed by atoms with Gasteiger partial charge in [0, 0.05) is 26.2 Å². The SMILES string of the molecule is CNC1CCCN(S(=O)(=O)c2ccc(CCOC)cc2)C1.Cl. The van der Waals surface area contributed by atoms with Crippen LogP contribution in [0.2, 0.25) is 0 Å². The fraction of sp³-hybridized carbons (Fsp3) is 0.600. The fourth-order valence-electron chi connectivity index (χ4n) is 2.59. The van der Waals surface area contributed by atoms with Gasteiger partial charge in [-0.15, -0.1) is 12.4 Å². The Morgan fingerprint density at radius 2 is 2.00 bits per heavy atom. The number of rotatable bonds is 6. The monoisotopic (exact) mass is 348 g/mol. The quantitative estimate of drug-likeness (QED) is 0.849. The average Bonchev–Trinajstić information content (AvgIpc) is 2.53. The highest BCUT2D eigenvalue weighted by atomic mass is 35.5. The predicted molar refractivity (Wildman–Crippen MR) is 90.1 cm³/mol. The second-order valence-corrected chi connectivity index (χ2v) is 7.32. The molecule has 1 aromatic carbocycles. The van der Waals surface area contributed by atoms with Gasteiger partial charge in [0.1, 0.15) is 0 Å². The van der Waals surface area contributed by atoms with E-state index in [2.05, 4.69) is 5.32 Å². The molecule has 0 saturated carbocycles. The molecule has 0 radical (unpaired) electrons. The molecule has 1 atom stereocenters. The van der Waals surface area contributed by atoms with Crippen LogP contribution in [0.3, 0.4) is 0 Å². The lowest BCUT2D eigenvalue weighted by atomic mass is 10.1. The summed E-state index contributed by atoms with van der Waals surface area (Å²) in [5.41, 5.74) is 1.09. The summed E-state index contributed by atoms with van der Waals surface area (Å²) in [5.74, 6) is 0. The first-order valence-corrected chi connectivity index (χ1v) is 8.77. The zero-order valence-electron chi connectivity index (χ0n) is 13.1. The van der Waals surface area contributed by atoms with E-state index in [-0.39, 0.29) is 18.4 Å². The number of ether oxygens (including phenoxy) is 1. The molecule has 2 rings (SSSR count). The number of piperidine rings is 1. The van der Waals surface area contributed by atoms with Gasteiger partial charge in [0.2, 0.25) is 10.0 Å².